The van der Waals surface area contributed by atoms with Gasteiger partial charge in [-0.15, -0.1) is 0 Å². The number of carbonyl (C=O) groups excluding carboxylic acids is 2. The van der Waals surface area contributed by atoms with Crippen molar-refractivity contribution in [2.24, 2.45) is 17.8 Å². The Labute approximate surface area is 206 Å². The number of rotatable bonds is 7. The van der Waals surface area contributed by atoms with E-state index in [2.05, 4.69) is 41.5 Å². The van der Waals surface area contributed by atoms with Gasteiger partial charge in [0.1, 0.15) is 12.5 Å². The van der Waals surface area contributed by atoms with Gasteiger partial charge in [0.15, 0.2) is 0 Å². The second-order valence-corrected chi connectivity index (χ2v) is 15.4. The molecule has 0 saturated heterocycles. The van der Waals surface area contributed by atoms with Gasteiger partial charge in [0.25, 0.3) is 0 Å². The van der Waals surface area contributed by atoms with Crippen LogP contribution in [-0.4, -0.2) is 26.4 Å². The lowest BCUT2D eigenvalue weighted by atomic mass is 9.75. The Morgan fingerprint density at radius 2 is 1.44 bits per heavy atom. The summed E-state index contributed by atoms with van der Waals surface area (Å²) >= 11 is 0. The molecule has 1 aliphatic carbocycles. The summed E-state index contributed by atoms with van der Waals surface area (Å²) in [5.74, 6) is 0.316. The topological polar surface area (TPSA) is 52.6 Å². The van der Waals surface area contributed by atoms with E-state index in [0.29, 0.717) is 17.8 Å². The molecule has 184 valence electrons. The maximum Gasteiger partial charge on any atom is 0.323 e. The summed E-state index contributed by atoms with van der Waals surface area (Å²) in [6.07, 6.45) is 2.59. The summed E-state index contributed by atoms with van der Waals surface area (Å²) in [6, 6.07) is 20.0. The predicted octanol–water partition coefficient (Wildman–Crippen LogP) is 5.48. The highest BCUT2D eigenvalue weighted by atomic mass is 28.4. The first kappa shape index (κ1) is 26.2. The molecule has 5 heteroatoms. The van der Waals surface area contributed by atoms with Crippen LogP contribution >= 0.6 is 0 Å². The average molecular weight is 481 g/mol. The second-order valence-electron chi connectivity index (χ2n) is 11.2. The highest BCUT2D eigenvalue weighted by Crippen LogP contribution is 2.38. The summed E-state index contributed by atoms with van der Waals surface area (Å²) in [4.78, 5) is 26.2. The number of benzene rings is 2. The third-order valence-corrected chi connectivity index (χ3v) is 12.2. The van der Waals surface area contributed by atoms with E-state index in [4.69, 9.17) is 9.16 Å². The molecule has 1 aliphatic rings. The predicted molar refractivity (Wildman–Crippen MR) is 140 cm³/mol. The van der Waals surface area contributed by atoms with Crippen LogP contribution in [0.15, 0.2) is 60.7 Å². The molecule has 0 radical (unpaired) electrons. The second kappa shape index (κ2) is 10.9. The summed E-state index contributed by atoms with van der Waals surface area (Å²) < 4.78 is 12.3. The Morgan fingerprint density at radius 3 is 1.91 bits per heavy atom. The first-order valence-corrected chi connectivity index (χ1v) is 14.5. The fraction of sp³-hybridized carbons (Fsp3) is 0.517. The van der Waals surface area contributed by atoms with E-state index in [1.165, 1.54) is 0 Å². The van der Waals surface area contributed by atoms with Gasteiger partial charge in [0, 0.05) is 0 Å². The molecule has 0 unspecified atom stereocenters. The maximum absolute atomic E-state index is 13.3. The molecule has 0 spiro atoms. The molecule has 0 aromatic heterocycles. The minimum atomic E-state index is -3.03. The summed E-state index contributed by atoms with van der Waals surface area (Å²) in [5, 5.41) is 1.68. The van der Waals surface area contributed by atoms with Crippen molar-refractivity contribution < 1.29 is 18.8 Å². The maximum atomic E-state index is 13.3. The smallest absolute Gasteiger partial charge is 0.323 e. The van der Waals surface area contributed by atoms with Crippen LogP contribution in [0.2, 0.25) is 5.04 Å². The average Bonchev–Trinajstić information content (AvgIpc) is 2.77. The van der Waals surface area contributed by atoms with Crippen LogP contribution in [-0.2, 0) is 18.8 Å². The fourth-order valence-corrected chi connectivity index (χ4v) is 9.78. The standard InChI is InChI=1S/C29H40O4Si/c1-21(2)25-18-17-22(3)19-26(25)32-27(30)20-28(31)33-34(29(4,5)6,23-13-9-7-10-14-23)24-15-11-8-12-16-24/h7-16,21-22,25-26H,17-20H2,1-6H3/t22-,25+,26-/m1/s1. The zero-order valence-electron chi connectivity index (χ0n) is 21.5. The van der Waals surface area contributed by atoms with Gasteiger partial charge in [-0.1, -0.05) is 109 Å². The van der Waals surface area contributed by atoms with Crippen molar-refractivity contribution in [2.75, 3.05) is 0 Å². The van der Waals surface area contributed by atoms with Crippen LogP contribution < -0.4 is 10.4 Å². The number of ether oxygens (including phenoxy) is 1. The van der Waals surface area contributed by atoms with Gasteiger partial charge in [-0.05, 0) is 46.0 Å². The Morgan fingerprint density at radius 1 is 0.912 bits per heavy atom. The van der Waals surface area contributed by atoms with Crippen LogP contribution in [0.3, 0.4) is 0 Å². The molecule has 2 aromatic carbocycles. The minimum absolute atomic E-state index is 0.128. The molecule has 0 aliphatic heterocycles. The molecular formula is C29H40O4Si. The SMILES string of the molecule is CC(C)[C@@H]1CC[C@@H](C)C[C@H]1OC(=O)CC(=O)O[Si](c1ccccc1)(c1ccccc1)C(C)(C)C. The van der Waals surface area contributed by atoms with Gasteiger partial charge in [-0.2, -0.15) is 0 Å². The van der Waals surface area contributed by atoms with Crippen molar-refractivity contribution in [3.63, 3.8) is 0 Å². The van der Waals surface area contributed by atoms with Gasteiger partial charge < -0.3 is 9.16 Å². The number of hydrogen-bond donors (Lipinski definition) is 0. The minimum Gasteiger partial charge on any atom is -0.509 e. The number of esters is 1. The van der Waals surface area contributed by atoms with Crippen LogP contribution in [0.5, 0.6) is 0 Å². The zero-order chi connectivity index (χ0) is 24.9. The van der Waals surface area contributed by atoms with E-state index in [9.17, 15) is 9.59 Å². The van der Waals surface area contributed by atoms with Crippen LogP contribution in [0, 0.1) is 17.8 Å². The molecule has 3 atom stereocenters. The van der Waals surface area contributed by atoms with Crippen LogP contribution in [0.25, 0.3) is 0 Å². The van der Waals surface area contributed by atoms with Crippen LogP contribution in [0.4, 0.5) is 0 Å². The van der Waals surface area contributed by atoms with E-state index in [1.54, 1.807) is 0 Å². The molecule has 0 bridgehead atoms. The van der Waals surface area contributed by atoms with Crippen molar-refractivity contribution >= 4 is 30.6 Å². The lowest BCUT2D eigenvalue weighted by molar-refractivity contribution is -0.160. The third kappa shape index (κ3) is 5.80. The molecule has 0 amide bonds. The van der Waals surface area contributed by atoms with Gasteiger partial charge in [0.2, 0.25) is 0 Å². The normalized spacial score (nSPS) is 21.2. The van der Waals surface area contributed by atoms with E-state index >= 15 is 0 Å². The Bertz CT molecular complexity index is 910. The van der Waals surface area contributed by atoms with Crippen molar-refractivity contribution in [2.45, 2.75) is 78.4 Å². The largest absolute Gasteiger partial charge is 0.509 e. The molecular weight excluding hydrogens is 440 g/mol. The molecule has 0 N–H and O–H groups in total. The fourth-order valence-electron chi connectivity index (χ4n) is 5.43. The summed E-state index contributed by atoms with van der Waals surface area (Å²) in [5.41, 5.74) is 0. The molecule has 0 heterocycles. The Hall–Kier alpha value is -2.40. The Balaban J connectivity index is 1.84. The summed E-state index contributed by atoms with van der Waals surface area (Å²) in [7, 11) is -3.03. The van der Waals surface area contributed by atoms with Gasteiger partial charge in [0.05, 0.1) is 0 Å². The molecule has 34 heavy (non-hydrogen) atoms. The number of hydrogen-bond acceptors (Lipinski definition) is 4. The van der Waals surface area contributed by atoms with Crippen molar-refractivity contribution in [3.8, 4) is 0 Å². The van der Waals surface area contributed by atoms with E-state index in [-0.39, 0.29) is 17.6 Å². The summed E-state index contributed by atoms with van der Waals surface area (Å²) in [6.45, 7) is 12.9. The molecule has 4 nitrogen and oxygen atoms in total. The zero-order valence-corrected chi connectivity index (χ0v) is 22.5. The van der Waals surface area contributed by atoms with Gasteiger partial charge >= 0.3 is 20.3 Å². The van der Waals surface area contributed by atoms with Gasteiger partial charge in [-0.3, -0.25) is 9.59 Å². The van der Waals surface area contributed by atoms with Crippen molar-refractivity contribution in [1.82, 2.24) is 0 Å². The van der Waals surface area contributed by atoms with Gasteiger partial charge in [-0.25, -0.2) is 0 Å². The first-order chi connectivity index (χ1) is 16.0. The van der Waals surface area contributed by atoms with Crippen LogP contribution in [0.1, 0.15) is 67.2 Å². The first-order valence-electron chi connectivity index (χ1n) is 12.6. The van der Waals surface area contributed by atoms with E-state index in [0.717, 1.165) is 29.6 Å². The van der Waals surface area contributed by atoms with Crippen molar-refractivity contribution in [1.29, 1.82) is 0 Å². The third-order valence-electron chi connectivity index (χ3n) is 7.22. The molecule has 1 fully saturated rings. The molecule has 2 aromatic rings. The monoisotopic (exact) mass is 480 g/mol. The Kier molecular flexibility index (Phi) is 8.40. The van der Waals surface area contributed by atoms with E-state index < -0.39 is 20.3 Å². The molecule has 3 rings (SSSR count). The highest BCUT2D eigenvalue weighted by molar-refractivity contribution is 7.00. The van der Waals surface area contributed by atoms with E-state index in [1.807, 2.05) is 60.7 Å². The van der Waals surface area contributed by atoms with Crippen molar-refractivity contribution in [3.05, 3.63) is 60.7 Å². The number of carbonyl (C=O) groups is 2. The molecule has 1 saturated carbocycles. The highest BCUT2D eigenvalue weighted by Gasteiger charge is 2.53. The lowest BCUT2D eigenvalue weighted by Gasteiger charge is -2.42. The lowest BCUT2D eigenvalue weighted by Crippen LogP contribution is -2.67. The quantitative estimate of drug-likeness (QED) is 0.299.